The monoisotopic (exact) mass is 243 g/mol. The van der Waals surface area contributed by atoms with E-state index < -0.39 is 5.60 Å². The topological polar surface area (TPSA) is 42.4 Å². The maximum atomic E-state index is 10.9. The average molecular weight is 243 g/mol. The van der Waals surface area contributed by atoms with Gasteiger partial charge in [0.05, 0.1) is 7.11 Å². The Kier molecular flexibility index (Phi) is 3.63. The van der Waals surface area contributed by atoms with Crippen molar-refractivity contribution in [2.24, 2.45) is 0 Å². The van der Waals surface area contributed by atoms with Gasteiger partial charge >= 0.3 is 0 Å². The van der Waals surface area contributed by atoms with Crippen LogP contribution in [0.15, 0.2) is 48.8 Å². The molecule has 0 aliphatic heterocycles. The molecule has 0 amide bonds. The molecule has 0 saturated heterocycles. The molecule has 1 unspecified atom stereocenters. The quantitative estimate of drug-likeness (QED) is 0.897. The number of hydrogen-bond donors (Lipinski definition) is 1. The maximum absolute atomic E-state index is 10.9. The molecule has 0 radical (unpaired) electrons. The highest BCUT2D eigenvalue weighted by Gasteiger charge is 2.29. The van der Waals surface area contributed by atoms with Crippen molar-refractivity contribution < 1.29 is 9.84 Å². The Morgan fingerprint density at radius 2 is 1.61 bits per heavy atom. The number of ether oxygens (including phenoxy) is 1. The summed E-state index contributed by atoms with van der Waals surface area (Å²) in [6, 6.07) is 11.2. The van der Waals surface area contributed by atoms with Crippen molar-refractivity contribution in [3.63, 3.8) is 0 Å². The highest BCUT2D eigenvalue weighted by molar-refractivity contribution is 5.37. The molecule has 3 nitrogen and oxygen atoms in total. The molecule has 0 spiro atoms. The fraction of sp³-hybridized carbons (Fsp3) is 0.267. The van der Waals surface area contributed by atoms with E-state index in [-0.39, 0.29) is 0 Å². The van der Waals surface area contributed by atoms with Crippen molar-refractivity contribution in [2.45, 2.75) is 18.9 Å². The molecule has 0 fully saturated rings. The highest BCUT2D eigenvalue weighted by atomic mass is 16.5. The third-order valence-electron chi connectivity index (χ3n) is 3.24. The maximum Gasteiger partial charge on any atom is 0.118 e. The van der Waals surface area contributed by atoms with Gasteiger partial charge < -0.3 is 9.84 Å². The van der Waals surface area contributed by atoms with Gasteiger partial charge in [0.1, 0.15) is 11.4 Å². The van der Waals surface area contributed by atoms with Crippen molar-refractivity contribution >= 4 is 0 Å². The summed E-state index contributed by atoms with van der Waals surface area (Å²) in [4.78, 5) is 3.98. The predicted molar refractivity (Wildman–Crippen MR) is 70.5 cm³/mol. The zero-order valence-electron chi connectivity index (χ0n) is 10.6. The molecule has 1 aromatic carbocycles. The van der Waals surface area contributed by atoms with E-state index in [1.807, 2.05) is 43.3 Å². The number of nitrogens with zero attached hydrogens (tertiary/aromatic N) is 1. The Morgan fingerprint density at radius 3 is 2.11 bits per heavy atom. The van der Waals surface area contributed by atoms with E-state index in [9.17, 15) is 5.11 Å². The summed E-state index contributed by atoms with van der Waals surface area (Å²) in [5, 5.41) is 10.9. The largest absolute Gasteiger partial charge is 0.497 e. The van der Waals surface area contributed by atoms with Crippen molar-refractivity contribution in [1.29, 1.82) is 0 Å². The van der Waals surface area contributed by atoms with E-state index in [0.717, 1.165) is 16.9 Å². The SMILES string of the molecule is CCC(O)(c1ccncc1)c1ccc(OC)cc1. The first-order chi connectivity index (χ1) is 8.70. The van der Waals surface area contributed by atoms with Crippen LogP contribution in [0.5, 0.6) is 5.75 Å². The minimum absolute atomic E-state index is 0.601. The number of methoxy groups -OCH3 is 1. The second kappa shape index (κ2) is 5.19. The zero-order chi connectivity index (χ0) is 13.0. The van der Waals surface area contributed by atoms with Gasteiger partial charge in [-0.3, -0.25) is 4.98 Å². The molecule has 2 rings (SSSR count). The van der Waals surface area contributed by atoms with E-state index in [0.29, 0.717) is 6.42 Å². The third-order valence-corrected chi connectivity index (χ3v) is 3.24. The minimum Gasteiger partial charge on any atom is -0.497 e. The molecular weight excluding hydrogens is 226 g/mol. The Balaban J connectivity index is 2.43. The number of aromatic nitrogens is 1. The molecule has 0 saturated carbocycles. The van der Waals surface area contributed by atoms with Crippen molar-refractivity contribution in [2.75, 3.05) is 7.11 Å². The van der Waals surface area contributed by atoms with Gasteiger partial charge in [0.15, 0.2) is 0 Å². The van der Waals surface area contributed by atoms with Crippen molar-refractivity contribution in [1.82, 2.24) is 4.98 Å². The first kappa shape index (κ1) is 12.6. The number of pyridine rings is 1. The summed E-state index contributed by atoms with van der Waals surface area (Å²) < 4.78 is 5.13. The van der Waals surface area contributed by atoms with Crippen LogP contribution in [0.4, 0.5) is 0 Å². The van der Waals surface area contributed by atoms with Gasteiger partial charge in [0.25, 0.3) is 0 Å². The summed E-state index contributed by atoms with van der Waals surface area (Å²) in [5.41, 5.74) is 0.733. The Morgan fingerprint density at radius 1 is 1.06 bits per heavy atom. The van der Waals surface area contributed by atoms with Crippen LogP contribution >= 0.6 is 0 Å². The first-order valence-corrected chi connectivity index (χ1v) is 5.98. The van der Waals surface area contributed by atoms with Gasteiger partial charge in [-0.25, -0.2) is 0 Å². The first-order valence-electron chi connectivity index (χ1n) is 5.98. The number of aliphatic hydroxyl groups is 1. The van der Waals surface area contributed by atoms with E-state index in [4.69, 9.17) is 4.74 Å². The lowest BCUT2D eigenvalue weighted by molar-refractivity contribution is 0.0764. The molecular formula is C15H17NO2. The Labute approximate surface area is 107 Å². The van der Waals surface area contributed by atoms with Crippen molar-refractivity contribution in [3.8, 4) is 5.75 Å². The molecule has 3 heteroatoms. The number of rotatable bonds is 4. The molecule has 0 bridgehead atoms. The second-order valence-corrected chi connectivity index (χ2v) is 4.18. The minimum atomic E-state index is -0.977. The van der Waals surface area contributed by atoms with Crippen LogP contribution in [-0.2, 0) is 5.60 Å². The van der Waals surface area contributed by atoms with Gasteiger partial charge in [-0.2, -0.15) is 0 Å². The molecule has 0 aliphatic carbocycles. The lowest BCUT2D eigenvalue weighted by atomic mass is 9.85. The van der Waals surface area contributed by atoms with Crippen molar-refractivity contribution in [3.05, 3.63) is 59.9 Å². The number of benzene rings is 1. The van der Waals surface area contributed by atoms with Gasteiger partial charge in [0.2, 0.25) is 0 Å². The summed E-state index contributed by atoms with van der Waals surface area (Å²) in [7, 11) is 1.63. The molecule has 1 heterocycles. The van der Waals surface area contributed by atoms with Crippen LogP contribution < -0.4 is 4.74 Å². The summed E-state index contributed by atoms with van der Waals surface area (Å²) in [5.74, 6) is 0.784. The predicted octanol–water partition coefficient (Wildman–Crippen LogP) is 2.74. The normalized spacial score (nSPS) is 13.9. The molecule has 94 valence electrons. The van der Waals surface area contributed by atoms with E-state index >= 15 is 0 Å². The molecule has 1 aromatic heterocycles. The average Bonchev–Trinajstić information content (AvgIpc) is 2.47. The number of hydrogen-bond acceptors (Lipinski definition) is 3. The lowest BCUT2D eigenvalue weighted by Crippen LogP contribution is -2.26. The fourth-order valence-electron chi connectivity index (χ4n) is 2.07. The van der Waals surface area contributed by atoms with Gasteiger partial charge in [0, 0.05) is 12.4 Å². The summed E-state index contributed by atoms with van der Waals surface area (Å²) in [6.45, 7) is 1.96. The second-order valence-electron chi connectivity index (χ2n) is 4.18. The smallest absolute Gasteiger partial charge is 0.118 e. The Hall–Kier alpha value is -1.87. The fourth-order valence-corrected chi connectivity index (χ4v) is 2.07. The molecule has 2 aromatic rings. The molecule has 1 N–H and O–H groups in total. The van der Waals surface area contributed by atoms with Crippen LogP contribution in [0.25, 0.3) is 0 Å². The highest BCUT2D eigenvalue weighted by Crippen LogP contribution is 2.33. The van der Waals surface area contributed by atoms with E-state index in [1.165, 1.54) is 0 Å². The van der Waals surface area contributed by atoms with E-state index in [1.54, 1.807) is 19.5 Å². The molecule has 0 aliphatic rings. The lowest BCUT2D eigenvalue weighted by Gasteiger charge is -2.28. The molecule has 18 heavy (non-hydrogen) atoms. The van der Waals surface area contributed by atoms with Crippen LogP contribution in [0.3, 0.4) is 0 Å². The Bertz CT molecular complexity index is 496. The van der Waals surface area contributed by atoms with Crippen LogP contribution in [0.1, 0.15) is 24.5 Å². The standard InChI is InChI=1S/C15H17NO2/c1-3-15(17,13-8-10-16-11-9-13)12-4-6-14(18-2)7-5-12/h4-11,17H,3H2,1-2H3. The van der Waals surface area contributed by atoms with Gasteiger partial charge in [-0.05, 0) is 41.8 Å². The van der Waals surface area contributed by atoms with Crippen LogP contribution in [0.2, 0.25) is 0 Å². The summed E-state index contributed by atoms with van der Waals surface area (Å²) in [6.07, 6.45) is 3.99. The van der Waals surface area contributed by atoms with E-state index in [2.05, 4.69) is 4.98 Å². The third kappa shape index (κ3) is 2.22. The van der Waals surface area contributed by atoms with Crippen LogP contribution in [-0.4, -0.2) is 17.2 Å². The van der Waals surface area contributed by atoms with Gasteiger partial charge in [-0.15, -0.1) is 0 Å². The van der Waals surface area contributed by atoms with Crippen LogP contribution in [0, 0.1) is 0 Å². The van der Waals surface area contributed by atoms with Gasteiger partial charge in [-0.1, -0.05) is 19.1 Å². The zero-order valence-corrected chi connectivity index (χ0v) is 10.6. The summed E-state index contributed by atoms with van der Waals surface area (Å²) >= 11 is 0. The molecule has 1 atom stereocenters.